The molecule has 1 rings (SSSR count). The van der Waals surface area contributed by atoms with E-state index in [0.29, 0.717) is 5.71 Å². The highest BCUT2D eigenvalue weighted by atomic mass is 14.7. The van der Waals surface area contributed by atoms with E-state index >= 15 is 0 Å². The number of nitriles is 1. The maximum absolute atomic E-state index is 8.37. The molecule has 0 unspecified atom stereocenters. The van der Waals surface area contributed by atoms with E-state index < -0.39 is 0 Å². The molecule has 0 bridgehead atoms. The van der Waals surface area contributed by atoms with E-state index in [-0.39, 0.29) is 0 Å². The van der Waals surface area contributed by atoms with E-state index in [0.717, 1.165) is 12.8 Å². The van der Waals surface area contributed by atoms with E-state index in [9.17, 15) is 0 Å². The molecule has 0 atom stereocenters. The summed E-state index contributed by atoms with van der Waals surface area (Å²) in [5, 5.41) is 8.37. The molecule has 0 fully saturated rings. The molecule has 2 heteroatoms. The summed E-state index contributed by atoms with van der Waals surface area (Å²) in [6, 6.07) is 2.03. The maximum Gasteiger partial charge on any atom is 0.118 e. The first-order valence-corrected chi connectivity index (χ1v) is 2.95. The van der Waals surface area contributed by atoms with E-state index in [2.05, 4.69) is 4.99 Å². The standard InChI is InChI=1S/C7H8N2/c1-6-2-3-7(4-8)9-5-6/h5H,2-3H2,1H3. The van der Waals surface area contributed by atoms with Crippen molar-refractivity contribution in [2.24, 2.45) is 4.99 Å². The summed E-state index contributed by atoms with van der Waals surface area (Å²) in [5.74, 6) is 0. The van der Waals surface area contributed by atoms with Gasteiger partial charge in [-0.05, 0) is 13.3 Å². The van der Waals surface area contributed by atoms with Crippen LogP contribution in [0.2, 0.25) is 0 Å². The van der Waals surface area contributed by atoms with Crippen molar-refractivity contribution in [1.82, 2.24) is 0 Å². The minimum absolute atomic E-state index is 0.653. The lowest BCUT2D eigenvalue weighted by Gasteiger charge is -2.02. The fourth-order valence-corrected chi connectivity index (χ4v) is 0.718. The Morgan fingerprint density at radius 3 is 2.89 bits per heavy atom. The Hall–Kier alpha value is -1.10. The van der Waals surface area contributed by atoms with Crippen molar-refractivity contribution >= 4 is 5.71 Å². The number of rotatable bonds is 0. The Kier molecular flexibility index (Phi) is 1.64. The van der Waals surface area contributed by atoms with Crippen LogP contribution in [0, 0.1) is 11.3 Å². The molecular formula is C7H8N2. The minimum Gasteiger partial charge on any atom is -0.250 e. The largest absolute Gasteiger partial charge is 0.250 e. The molecule has 1 aliphatic heterocycles. The lowest BCUT2D eigenvalue weighted by molar-refractivity contribution is 0.981. The molecule has 0 aliphatic carbocycles. The summed E-state index contributed by atoms with van der Waals surface area (Å²) in [7, 11) is 0. The summed E-state index contributed by atoms with van der Waals surface area (Å²) in [6.45, 7) is 2.03. The van der Waals surface area contributed by atoms with Crippen molar-refractivity contribution in [3.05, 3.63) is 11.8 Å². The van der Waals surface area contributed by atoms with Crippen LogP contribution in [0.1, 0.15) is 19.8 Å². The smallest absolute Gasteiger partial charge is 0.118 e. The monoisotopic (exact) mass is 120 g/mol. The van der Waals surface area contributed by atoms with Crippen molar-refractivity contribution in [2.45, 2.75) is 19.8 Å². The highest BCUT2D eigenvalue weighted by molar-refractivity contribution is 5.99. The number of allylic oxidation sites excluding steroid dienone is 1. The third-order valence-electron chi connectivity index (χ3n) is 1.33. The highest BCUT2D eigenvalue weighted by Crippen LogP contribution is 2.10. The summed E-state index contributed by atoms with van der Waals surface area (Å²) >= 11 is 0. The summed E-state index contributed by atoms with van der Waals surface area (Å²) < 4.78 is 0. The molecule has 46 valence electrons. The van der Waals surface area contributed by atoms with E-state index in [1.165, 1.54) is 5.57 Å². The molecule has 0 amide bonds. The zero-order chi connectivity index (χ0) is 6.69. The van der Waals surface area contributed by atoms with Gasteiger partial charge in [0.1, 0.15) is 11.8 Å². The molecule has 0 saturated heterocycles. The van der Waals surface area contributed by atoms with Gasteiger partial charge in [0.15, 0.2) is 0 Å². The number of hydrogen-bond acceptors (Lipinski definition) is 2. The predicted molar refractivity (Wildman–Crippen MR) is 36.0 cm³/mol. The van der Waals surface area contributed by atoms with Crippen LogP contribution < -0.4 is 0 Å². The quantitative estimate of drug-likeness (QED) is 0.478. The van der Waals surface area contributed by atoms with Gasteiger partial charge in [0.25, 0.3) is 0 Å². The number of nitrogens with zero attached hydrogens (tertiary/aromatic N) is 2. The third-order valence-corrected chi connectivity index (χ3v) is 1.33. The molecule has 0 aromatic rings. The van der Waals surface area contributed by atoms with E-state index in [1.807, 2.05) is 13.0 Å². The van der Waals surface area contributed by atoms with E-state index in [4.69, 9.17) is 5.26 Å². The molecule has 0 saturated carbocycles. The SMILES string of the molecule is CC1=CN=C(C#N)CC1. The summed E-state index contributed by atoms with van der Waals surface area (Å²) in [5.41, 5.74) is 1.91. The first kappa shape index (κ1) is 6.03. The fraction of sp³-hybridized carbons (Fsp3) is 0.429. The Morgan fingerprint density at radius 1 is 1.67 bits per heavy atom. The van der Waals surface area contributed by atoms with Gasteiger partial charge in [0.2, 0.25) is 0 Å². The van der Waals surface area contributed by atoms with Gasteiger partial charge in [-0.3, -0.25) is 4.99 Å². The second kappa shape index (κ2) is 2.45. The first-order valence-electron chi connectivity index (χ1n) is 2.95. The van der Waals surface area contributed by atoms with Crippen molar-refractivity contribution in [1.29, 1.82) is 5.26 Å². The lowest BCUT2D eigenvalue weighted by Crippen LogP contribution is -1.97. The average Bonchev–Trinajstić information content (AvgIpc) is 1.90. The molecular weight excluding hydrogens is 112 g/mol. The van der Waals surface area contributed by atoms with Gasteiger partial charge >= 0.3 is 0 Å². The second-order valence-electron chi connectivity index (χ2n) is 2.16. The van der Waals surface area contributed by atoms with Gasteiger partial charge in [-0.15, -0.1) is 0 Å². The van der Waals surface area contributed by atoms with E-state index in [1.54, 1.807) is 6.20 Å². The van der Waals surface area contributed by atoms with Crippen molar-refractivity contribution in [3.63, 3.8) is 0 Å². The van der Waals surface area contributed by atoms with Gasteiger partial charge in [0.05, 0.1) is 0 Å². The first-order chi connectivity index (χ1) is 4.33. The second-order valence-corrected chi connectivity index (χ2v) is 2.16. The summed E-state index contributed by atoms with van der Waals surface area (Å²) in [6.07, 6.45) is 3.58. The lowest BCUT2D eigenvalue weighted by atomic mass is 10.1. The van der Waals surface area contributed by atoms with Gasteiger partial charge < -0.3 is 0 Å². The van der Waals surface area contributed by atoms with Crippen LogP contribution in [-0.4, -0.2) is 5.71 Å². The molecule has 2 nitrogen and oxygen atoms in total. The van der Waals surface area contributed by atoms with Crippen LogP contribution in [0.5, 0.6) is 0 Å². The zero-order valence-corrected chi connectivity index (χ0v) is 5.39. The van der Waals surface area contributed by atoms with Gasteiger partial charge in [-0.1, -0.05) is 5.57 Å². The highest BCUT2D eigenvalue weighted by Gasteiger charge is 2.01. The van der Waals surface area contributed by atoms with Gasteiger partial charge in [-0.25, -0.2) is 0 Å². The molecule has 0 spiro atoms. The number of aliphatic imine (C=N–C) groups is 1. The van der Waals surface area contributed by atoms with Gasteiger partial charge in [-0.2, -0.15) is 5.26 Å². The van der Waals surface area contributed by atoms with Crippen LogP contribution in [0.4, 0.5) is 0 Å². The molecule has 0 radical (unpaired) electrons. The van der Waals surface area contributed by atoms with Gasteiger partial charge in [0, 0.05) is 12.6 Å². The minimum atomic E-state index is 0.653. The average molecular weight is 120 g/mol. The molecule has 1 aliphatic rings. The third kappa shape index (κ3) is 1.39. The Labute approximate surface area is 54.5 Å². The van der Waals surface area contributed by atoms with Crippen LogP contribution >= 0.6 is 0 Å². The van der Waals surface area contributed by atoms with Crippen LogP contribution in [0.15, 0.2) is 16.8 Å². The Bertz CT molecular complexity index is 205. The van der Waals surface area contributed by atoms with Crippen LogP contribution in [-0.2, 0) is 0 Å². The molecule has 0 N–H and O–H groups in total. The molecule has 9 heavy (non-hydrogen) atoms. The Morgan fingerprint density at radius 2 is 2.44 bits per heavy atom. The summed E-state index contributed by atoms with van der Waals surface area (Å²) in [4.78, 5) is 3.92. The maximum atomic E-state index is 8.37. The zero-order valence-electron chi connectivity index (χ0n) is 5.39. The molecule has 0 aromatic heterocycles. The Balaban J connectivity index is 2.73. The van der Waals surface area contributed by atoms with Crippen LogP contribution in [0.3, 0.4) is 0 Å². The number of hydrogen-bond donors (Lipinski definition) is 0. The van der Waals surface area contributed by atoms with Crippen LogP contribution in [0.25, 0.3) is 0 Å². The molecule has 0 aromatic carbocycles. The van der Waals surface area contributed by atoms with Crippen molar-refractivity contribution in [3.8, 4) is 6.07 Å². The fourth-order valence-electron chi connectivity index (χ4n) is 0.718. The predicted octanol–water partition coefficient (Wildman–Crippen LogP) is 1.65. The normalized spacial score (nSPS) is 17.8. The topological polar surface area (TPSA) is 36.1 Å². The molecule has 1 heterocycles. The van der Waals surface area contributed by atoms with Crippen molar-refractivity contribution in [2.75, 3.05) is 0 Å². The van der Waals surface area contributed by atoms with Crippen molar-refractivity contribution < 1.29 is 0 Å².